The zero-order valence-corrected chi connectivity index (χ0v) is 24.2. The van der Waals surface area contributed by atoms with Gasteiger partial charge in [-0.1, -0.05) is 84.5 Å². The second-order valence-corrected chi connectivity index (χ2v) is 11.7. The number of ether oxygens (including phenoxy) is 1. The number of Topliss-reactive ketones (excluding diaryl/α,β-unsaturated/α-hetero) is 1. The number of unbranched alkanes of at least 4 members (excludes halogenated alkanes) is 1. The van der Waals surface area contributed by atoms with E-state index in [1.54, 1.807) is 30.3 Å². The predicted molar refractivity (Wildman–Crippen MR) is 159 cm³/mol. The highest BCUT2D eigenvalue weighted by atomic mass is 32.2. The standard InChI is InChI=1S/C31H28FN3O4S2/c1-3-4-17-39-22-15-13-21(14-16-22)27(36)25-26(23-7-5-6-8-24(23)32)35(29(38)28(25)37)30-33-34-31(41-30)40-18-20-11-9-19(2)10-12-20/h5-16,26,36H,3-4,17-18H2,1-2H3/t26-/m1/s1. The molecule has 1 aliphatic heterocycles. The van der Waals surface area contributed by atoms with Gasteiger partial charge in [0.1, 0.15) is 23.4 Å². The smallest absolute Gasteiger partial charge is 0.301 e. The molecule has 1 fully saturated rings. The van der Waals surface area contributed by atoms with Crippen LogP contribution in [0.15, 0.2) is 82.7 Å². The molecule has 1 amide bonds. The lowest BCUT2D eigenvalue weighted by Crippen LogP contribution is -2.29. The number of carbonyl (C=O) groups excluding carboxylic acids is 2. The number of amides is 1. The fourth-order valence-electron chi connectivity index (χ4n) is 4.41. The van der Waals surface area contributed by atoms with Gasteiger partial charge in [-0.05, 0) is 49.2 Å². The van der Waals surface area contributed by atoms with Crippen molar-refractivity contribution in [3.8, 4) is 5.75 Å². The lowest BCUT2D eigenvalue weighted by molar-refractivity contribution is -0.132. The fraction of sp³-hybridized carbons (Fsp3) is 0.226. The Hall–Kier alpha value is -4.02. The number of benzene rings is 3. The van der Waals surface area contributed by atoms with Crippen LogP contribution in [-0.2, 0) is 15.3 Å². The molecule has 0 radical (unpaired) electrons. The molecule has 2 heterocycles. The summed E-state index contributed by atoms with van der Waals surface area (Å²) in [6.45, 7) is 4.65. The van der Waals surface area contributed by atoms with Crippen LogP contribution in [0.1, 0.15) is 48.1 Å². The minimum atomic E-state index is -1.22. The summed E-state index contributed by atoms with van der Waals surface area (Å²) < 4.78 is 21.4. The van der Waals surface area contributed by atoms with Gasteiger partial charge in [0.05, 0.1) is 12.2 Å². The molecular weight excluding hydrogens is 561 g/mol. The van der Waals surface area contributed by atoms with E-state index in [1.807, 2.05) is 31.2 Å². The van der Waals surface area contributed by atoms with E-state index in [0.717, 1.165) is 40.2 Å². The average molecular weight is 590 g/mol. The second kappa shape index (κ2) is 12.7. The van der Waals surface area contributed by atoms with Gasteiger partial charge < -0.3 is 9.84 Å². The number of thioether (sulfide) groups is 1. The maximum atomic E-state index is 15.2. The van der Waals surface area contributed by atoms with E-state index in [4.69, 9.17) is 4.74 Å². The van der Waals surface area contributed by atoms with Gasteiger partial charge in [0.25, 0.3) is 5.78 Å². The monoisotopic (exact) mass is 589 g/mol. The third-order valence-electron chi connectivity index (χ3n) is 6.62. The molecule has 7 nitrogen and oxygen atoms in total. The summed E-state index contributed by atoms with van der Waals surface area (Å²) in [5.41, 5.74) is 2.42. The molecule has 1 atom stereocenters. The minimum absolute atomic E-state index is 0.0665. The largest absolute Gasteiger partial charge is 0.507 e. The van der Waals surface area contributed by atoms with Gasteiger partial charge in [-0.15, -0.1) is 10.2 Å². The summed E-state index contributed by atoms with van der Waals surface area (Å²) in [6, 6.07) is 19.4. The molecule has 10 heteroatoms. The summed E-state index contributed by atoms with van der Waals surface area (Å²) in [5.74, 6) is -1.60. The number of aliphatic hydroxyl groups is 1. The van der Waals surface area contributed by atoms with Crippen LogP contribution in [0.25, 0.3) is 5.76 Å². The lowest BCUT2D eigenvalue weighted by atomic mass is 9.95. The first-order valence-electron chi connectivity index (χ1n) is 13.2. The van der Waals surface area contributed by atoms with Gasteiger partial charge in [0, 0.05) is 16.9 Å². The number of halogens is 1. The lowest BCUT2D eigenvalue weighted by Gasteiger charge is -2.22. The highest BCUT2D eigenvalue weighted by Crippen LogP contribution is 2.44. The van der Waals surface area contributed by atoms with Crippen molar-refractivity contribution in [3.63, 3.8) is 0 Å². The third-order valence-corrected chi connectivity index (χ3v) is 8.75. The number of aryl methyl sites for hydroxylation is 1. The van der Waals surface area contributed by atoms with Gasteiger partial charge in [-0.2, -0.15) is 0 Å². The summed E-state index contributed by atoms with van der Waals surface area (Å²) in [7, 11) is 0. The Bertz CT molecular complexity index is 1590. The summed E-state index contributed by atoms with van der Waals surface area (Å²) in [5, 5.41) is 19.9. The number of rotatable bonds is 10. The van der Waals surface area contributed by atoms with Crippen molar-refractivity contribution < 1.29 is 23.8 Å². The first-order valence-corrected chi connectivity index (χ1v) is 15.0. The average Bonchev–Trinajstić information content (AvgIpc) is 3.55. The molecule has 1 N–H and O–H groups in total. The van der Waals surface area contributed by atoms with Gasteiger partial charge in [0.15, 0.2) is 4.34 Å². The zero-order valence-electron chi connectivity index (χ0n) is 22.5. The molecule has 3 aromatic carbocycles. The van der Waals surface area contributed by atoms with Crippen LogP contribution in [0, 0.1) is 12.7 Å². The van der Waals surface area contributed by atoms with Crippen molar-refractivity contribution in [1.29, 1.82) is 0 Å². The topological polar surface area (TPSA) is 92.6 Å². The quantitative estimate of drug-likeness (QED) is 0.0528. The Labute approximate surface area is 245 Å². The third kappa shape index (κ3) is 6.18. The summed E-state index contributed by atoms with van der Waals surface area (Å²) in [4.78, 5) is 27.9. The molecule has 0 bridgehead atoms. The number of anilines is 1. The first kappa shape index (κ1) is 28.5. The van der Waals surface area contributed by atoms with E-state index in [2.05, 4.69) is 17.1 Å². The highest BCUT2D eigenvalue weighted by Gasteiger charge is 2.49. The molecule has 4 aromatic rings. The Balaban J connectivity index is 1.49. The van der Waals surface area contributed by atoms with Crippen LogP contribution in [0.3, 0.4) is 0 Å². The Morgan fingerprint density at radius 3 is 2.49 bits per heavy atom. The number of hydrogen-bond acceptors (Lipinski definition) is 8. The molecule has 1 aliphatic rings. The van der Waals surface area contributed by atoms with Gasteiger partial charge in [0.2, 0.25) is 5.13 Å². The van der Waals surface area contributed by atoms with Crippen molar-refractivity contribution >= 4 is 45.7 Å². The first-order chi connectivity index (χ1) is 19.9. The van der Waals surface area contributed by atoms with Crippen LogP contribution >= 0.6 is 23.1 Å². The van der Waals surface area contributed by atoms with E-state index in [1.165, 1.54) is 30.0 Å². The summed E-state index contributed by atoms with van der Waals surface area (Å²) in [6.07, 6.45) is 1.90. The fourth-order valence-corrected chi connectivity index (χ4v) is 6.23. The number of hydrogen-bond donors (Lipinski definition) is 1. The molecule has 1 saturated heterocycles. The Morgan fingerprint density at radius 1 is 1.05 bits per heavy atom. The predicted octanol–water partition coefficient (Wildman–Crippen LogP) is 7.08. The zero-order chi connectivity index (χ0) is 28.9. The van der Waals surface area contributed by atoms with E-state index < -0.39 is 29.3 Å². The number of carbonyl (C=O) groups is 2. The molecule has 0 aliphatic carbocycles. The van der Waals surface area contributed by atoms with Gasteiger partial charge in [-0.25, -0.2) is 4.39 Å². The van der Waals surface area contributed by atoms with E-state index in [-0.39, 0.29) is 16.3 Å². The molecule has 1 aromatic heterocycles. The van der Waals surface area contributed by atoms with Crippen molar-refractivity contribution in [2.45, 2.75) is 42.8 Å². The molecule has 0 saturated carbocycles. The van der Waals surface area contributed by atoms with Crippen LogP contribution in [0.5, 0.6) is 5.75 Å². The maximum Gasteiger partial charge on any atom is 0.301 e. The van der Waals surface area contributed by atoms with Crippen molar-refractivity contribution in [1.82, 2.24) is 10.2 Å². The van der Waals surface area contributed by atoms with Gasteiger partial charge in [-0.3, -0.25) is 14.5 Å². The molecule has 210 valence electrons. The van der Waals surface area contributed by atoms with Crippen molar-refractivity contribution in [3.05, 3.63) is 106 Å². The second-order valence-electron chi connectivity index (χ2n) is 9.54. The summed E-state index contributed by atoms with van der Waals surface area (Å²) >= 11 is 2.58. The van der Waals surface area contributed by atoms with Crippen molar-refractivity contribution in [2.24, 2.45) is 0 Å². The SMILES string of the molecule is CCCCOc1ccc(C(O)=C2C(=O)C(=O)N(c3nnc(SCc4ccc(C)cc4)s3)[C@@H]2c2ccccc2F)cc1. The maximum absolute atomic E-state index is 15.2. The molecule has 0 unspecified atom stereocenters. The molecule has 5 rings (SSSR count). The van der Waals surface area contributed by atoms with E-state index in [0.29, 0.717) is 28.0 Å². The Kier molecular flexibility index (Phi) is 8.80. The molecule has 0 spiro atoms. The Morgan fingerprint density at radius 2 is 1.78 bits per heavy atom. The molecule has 41 heavy (non-hydrogen) atoms. The van der Waals surface area contributed by atoms with E-state index in [9.17, 15) is 14.7 Å². The molecular formula is C31H28FN3O4S2. The van der Waals surface area contributed by atoms with Crippen molar-refractivity contribution in [2.75, 3.05) is 11.5 Å². The van der Waals surface area contributed by atoms with Crippen LogP contribution in [0.2, 0.25) is 0 Å². The van der Waals surface area contributed by atoms with Crippen LogP contribution in [0.4, 0.5) is 9.52 Å². The number of aromatic nitrogens is 2. The number of ketones is 1. The van der Waals surface area contributed by atoms with E-state index >= 15 is 4.39 Å². The normalized spacial score (nSPS) is 16.4. The van der Waals surface area contributed by atoms with Gasteiger partial charge >= 0.3 is 5.91 Å². The minimum Gasteiger partial charge on any atom is -0.507 e. The highest BCUT2D eigenvalue weighted by molar-refractivity contribution is 8.00. The number of nitrogens with zero attached hydrogens (tertiary/aromatic N) is 3. The van der Waals surface area contributed by atoms with Crippen LogP contribution in [-0.4, -0.2) is 33.6 Å². The van der Waals surface area contributed by atoms with Crippen LogP contribution < -0.4 is 9.64 Å². The number of aliphatic hydroxyl groups excluding tert-OH is 1.